The summed E-state index contributed by atoms with van der Waals surface area (Å²) >= 11 is 1.77. The Hall–Kier alpha value is -0.260. The van der Waals surface area contributed by atoms with Crippen LogP contribution >= 0.6 is 11.8 Å². The highest BCUT2D eigenvalue weighted by Gasteiger charge is 2.43. The van der Waals surface area contributed by atoms with Crippen LogP contribution in [-0.4, -0.2) is 46.9 Å². The fraction of sp³-hybridized carbons (Fsp3) is 0.929. The molecular formula is C14H25NO3S. The van der Waals surface area contributed by atoms with Crippen molar-refractivity contribution in [1.82, 2.24) is 5.32 Å². The highest BCUT2D eigenvalue weighted by Crippen LogP contribution is 2.38. The van der Waals surface area contributed by atoms with E-state index < -0.39 is 11.5 Å². The van der Waals surface area contributed by atoms with Crippen molar-refractivity contribution < 1.29 is 14.6 Å². The topological polar surface area (TPSA) is 58.6 Å². The fourth-order valence-electron chi connectivity index (χ4n) is 2.74. The van der Waals surface area contributed by atoms with Gasteiger partial charge in [0.1, 0.15) is 6.10 Å². The van der Waals surface area contributed by atoms with Crippen molar-refractivity contribution in [3.63, 3.8) is 0 Å². The summed E-state index contributed by atoms with van der Waals surface area (Å²) in [6.07, 6.45) is 3.88. The van der Waals surface area contributed by atoms with Crippen LogP contribution in [0, 0.1) is 5.92 Å². The predicted molar refractivity (Wildman–Crippen MR) is 77.3 cm³/mol. The number of nitrogens with one attached hydrogen (secondary N) is 1. The summed E-state index contributed by atoms with van der Waals surface area (Å²) in [5.41, 5.74) is -0.967. The first kappa shape index (κ1) is 15.1. The Morgan fingerprint density at radius 2 is 2.11 bits per heavy atom. The van der Waals surface area contributed by atoms with Crippen molar-refractivity contribution in [1.29, 1.82) is 0 Å². The van der Waals surface area contributed by atoms with Crippen LogP contribution in [0.15, 0.2) is 0 Å². The van der Waals surface area contributed by atoms with E-state index in [9.17, 15) is 9.90 Å². The molecule has 0 aliphatic carbocycles. The smallest absolute Gasteiger partial charge is 0.311 e. The Balaban J connectivity index is 1.89. The maximum atomic E-state index is 12.2. The molecule has 5 heteroatoms. The zero-order chi connectivity index (χ0) is 13.9. The van der Waals surface area contributed by atoms with Crippen LogP contribution in [0.3, 0.4) is 0 Å². The number of hydrogen-bond donors (Lipinski definition) is 2. The zero-order valence-corrected chi connectivity index (χ0v) is 12.7. The van der Waals surface area contributed by atoms with E-state index in [1.54, 1.807) is 25.6 Å². The second-order valence-corrected chi connectivity index (χ2v) is 7.15. The van der Waals surface area contributed by atoms with Gasteiger partial charge in [-0.15, -0.1) is 0 Å². The number of thioether (sulfide) groups is 1. The van der Waals surface area contributed by atoms with E-state index in [0.717, 1.165) is 44.5 Å². The first-order valence-corrected chi connectivity index (χ1v) is 8.32. The van der Waals surface area contributed by atoms with E-state index in [-0.39, 0.29) is 17.3 Å². The van der Waals surface area contributed by atoms with Gasteiger partial charge in [-0.3, -0.25) is 4.79 Å². The zero-order valence-electron chi connectivity index (χ0n) is 11.9. The first-order chi connectivity index (χ1) is 9.01. The van der Waals surface area contributed by atoms with Gasteiger partial charge < -0.3 is 15.2 Å². The summed E-state index contributed by atoms with van der Waals surface area (Å²) in [6.45, 7) is 5.38. The maximum Gasteiger partial charge on any atom is 0.311 e. The number of hydrogen-bond acceptors (Lipinski definition) is 5. The molecule has 0 amide bonds. The molecule has 2 N–H and O–H groups in total. The van der Waals surface area contributed by atoms with Crippen molar-refractivity contribution in [2.45, 2.75) is 56.5 Å². The highest BCUT2D eigenvalue weighted by molar-refractivity contribution is 8.00. The SMILES string of the molecule is CC(C(=O)OC1CCNCC1)C(C)(O)C1CCCS1. The van der Waals surface area contributed by atoms with Gasteiger partial charge in [-0.05, 0) is 58.4 Å². The summed E-state index contributed by atoms with van der Waals surface area (Å²) in [4.78, 5) is 12.2. The number of ether oxygens (including phenoxy) is 1. The predicted octanol–water partition coefficient (Wildman–Crippen LogP) is 1.56. The van der Waals surface area contributed by atoms with Crippen molar-refractivity contribution in [3.8, 4) is 0 Å². The minimum Gasteiger partial charge on any atom is -0.462 e. The van der Waals surface area contributed by atoms with Gasteiger partial charge in [0.25, 0.3) is 0 Å². The number of aliphatic hydroxyl groups is 1. The Morgan fingerprint density at radius 1 is 1.42 bits per heavy atom. The molecule has 3 unspecified atom stereocenters. The van der Waals surface area contributed by atoms with Crippen LogP contribution in [0.4, 0.5) is 0 Å². The second-order valence-electron chi connectivity index (χ2n) is 5.84. The fourth-order valence-corrected chi connectivity index (χ4v) is 4.23. The molecule has 19 heavy (non-hydrogen) atoms. The minimum absolute atomic E-state index is 0.0169. The average Bonchev–Trinajstić information content (AvgIpc) is 2.93. The lowest BCUT2D eigenvalue weighted by Crippen LogP contribution is -2.47. The number of piperidine rings is 1. The van der Waals surface area contributed by atoms with Gasteiger partial charge >= 0.3 is 5.97 Å². The van der Waals surface area contributed by atoms with E-state index in [0.29, 0.717) is 0 Å². The standard InChI is InChI=1S/C14H25NO3S/c1-10(14(2,17)12-4-3-9-19-12)13(16)18-11-5-7-15-8-6-11/h10-12,15,17H,3-9H2,1-2H3. The molecule has 0 bridgehead atoms. The molecular weight excluding hydrogens is 262 g/mol. The molecule has 3 atom stereocenters. The molecule has 110 valence electrons. The molecule has 2 saturated heterocycles. The molecule has 0 radical (unpaired) electrons. The largest absolute Gasteiger partial charge is 0.462 e. The molecule has 2 heterocycles. The number of carbonyl (C=O) groups is 1. The van der Waals surface area contributed by atoms with E-state index >= 15 is 0 Å². The molecule has 2 aliphatic rings. The third-order valence-corrected chi connectivity index (χ3v) is 6.02. The third-order valence-electron chi connectivity index (χ3n) is 4.38. The van der Waals surface area contributed by atoms with Crippen LogP contribution in [0.25, 0.3) is 0 Å². The molecule has 0 aromatic heterocycles. The maximum absolute atomic E-state index is 12.2. The molecule has 2 rings (SSSR count). The van der Waals surface area contributed by atoms with E-state index in [1.807, 2.05) is 0 Å². The van der Waals surface area contributed by atoms with Crippen molar-refractivity contribution in [2.24, 2.45) is 5.92 Å². The molecule has 2 fully saturated rings. The van der Waals surface area contributed by atoms with Gasteiger partial charge in [0.2, 0.25) is 0 Å². The first-order valence-electron chi connectivity index (χ1n) is 7.27. The Kier molecular flexibility index (Phi) is 5.15. The summed E-state index contributed by atoms with van der Waals surface area (Å²) in [7, 11) is 0. The van der Waals surface area contributed by atoms with E-state index in [2.05, 4.69) is 5.32 Å². The van der Waals surface area contributed by atoms with Crippen molar-refractivity contribution in [3.05, 3.63) is 0 Å². The lowest BCUT2D eigenvalue weighted by molar-refractivity contribution is -0.163. The average molecular weight is 287 g/mol. The van der Waals surface area contributed by atoms with Crippen LogP contribution < -0.4 is 5.32 Å². The van der Waals surface area contributed by atoms with Gasteiger partial charge in [-0.2, -0.15) is 11.8 Å². The van der Waals surface area contributed by atoms with Gasteiger partial charge in [0.15, 0.2) is 0 Å². The van der Waals surface area contributed by atoms with Crippen molar-refractivity contribution in [2.75, 3.05) is 18.8 Å². The van der Waals surface area contributed by atoms with Crippen LogP contribution in [0.1, 0.15) is 39.5 Å². The molecule has 0 aromatic carbocycles. The Bertz CT molecular complexity index is 310. The van der Waals surface area contributed by atoms with Crippen LogP contribution in [0.5, 0.6) is 0 Å². The number of rotatable bonds is 4. The van der Waals surface area contributed by atoms with Crippen LogP contribution in [-0.2, 0) is 9.53 Å². The van der Waals surface area contributed by atoms with Gasteiger partial charge in [-0.25, -0.2) is 0 Å². The molecule has 0 spiro atoms. The van der Waals surface area contributed by atoms with E-state index in [1.165, 1.54) is 0 Å². The van der Waals surface area contributed by atoms with E-state index in [4.69, 9.17) is 4.74 Å². The van der Waals surface area contributed by atoms with Gasteiger partial charge in [0.05, 0.1) is 11.5 Å². The lowest BCUT2D eigenvalue weighted by atomic mass is 9.85. The number of esters is 1. The normalized spacial score (nSPS) is 29.7. The summed E-state index contributed by atoms with van der Waals surface area (Å²) in [6, 6.07) is 0. The lowest BCUT2D eigenvalue weighted by Gasteiger charge is -2.35. The summed E-state index contributed by atoms with van der Waals surface area (Å²) < 4.78 is 5.55. The van der Waals surface area contributed by atoms with Crippen LogP contribution in [0.2, 0.25) is 0 Å². The molecule has 2 aliphatic heterocycles. The second kappa shape index (κ2) is 6.46. The Labute approximate surface area is 119 Å². The number of carbonyl (C=O) groups excluding carboxylic acids is 1. The van der Waals surface area contributed by atoms with Gasteiger partial charge in [0, 0.05) is 5.25 Å². The Morgan fingerprint density at radius 3 is 2.68 bits per heavy atom. The summed E-state index contributed by atoms with van der Waals surface area (Å²) in [5, 5.41) is 14.1. The van der Waals surface area contributed by atoms with Gasteiger partial charge in [-0.1, -0.05) is 0 Å². The molecule has 4 nitrogen and oxygen atoms in total. The monoisotopic (exact) mass is 287 g/mol. The third kappa shape index (κ3) is 3.64. The molecule has 0 saturated carbocycles. The summed E-state index contributed by atoms with van der Waals surface area (Å²) in [5.74, 6) is 0.374. The highest BCUT2D eigenvalue weighted by atomic mass is 32.2. The minimum atomic E-state index is -0.967. The quantitative estimate of drug-likeness (QED) is 0.769. The molecule has 0 aromatic rings. The van der Waals surface area contributed by atoms with Crippen molar-refractivity contribution >= 4 is 17.7 Å².